The average Bonchev–Trinajstić information content (AvgIpc) is 3.15. The van der Waals surface area contributed by atoms with Gasteiger partial charge < -0.3 is 4.74 Å². The molecular weight excluding hydrogens is 398 g/mol. The lowest BCUT2D eigenvalue weighted by Crippen LogP contribution is -2.09. The minimum Gasteiger partial charge on any atom is -0.465 e. The van der Waals surface area contributed by atoms with E-state index >= 15 is 0 Å². The summed E-state index contributed by atoms with van der Waals surface area (Å²) >= 11 is 3.27. The van der Waals surface area contributed by atoms with E-state index in [1.54, 1.807) is 13.0 Å². The quantitative estimate of drug-likeness (QED) is 0.715. The summed E-state index contributed by atoms with van der Waals surface area (Å²) in [6, 6.07) is 2.76. The molecule has 3 aromatic rings. The number of aromatic nitrogens is 4. The zero-order chi connectivity index (χ0) is 17.8. The van der Waals surface area contributed by atoms with E-state index in [0.717, 1.165) is 0 Å². The standard InChI is InChI=1S/C16H13BrF2N4O2/c1-2-25-15-20-13-9(14(24)21-15)7-23(22-13)12-10(17)5-8(6-11(12)18)16(19)3-4-16/h5-7H,2-4H2,1H3,(H,20,21,22,24). The summed E-state index contributed by atoms with van der Waals surface area (Å²) in [5, 5.41) is 4.35. The van der Waals surface area contributed by atoms with E-state index in [1.165, 1.54) is 16.9 Å². The Balaban J connectivity index is 1.84. The number of halogens is 3. The predicted molar refractivity (Wildman–Crippen MR) is 90.3 cm³/mol. The lowest BCUT2D eigenvalue weighted by atomic mass is 10.1. The topological polar surface area (TPSA) is 72.8 Å². The molecule has 130 valence electrons. The molecule has 9 heteroatoms. The van der Waals surface area contributed by atoms with E-state index in [0.29, 0.717) is 29.5 Å². The number of fused-ring (bicyclic) bond motifs is 1. The fourth-order valence-corrected chi connectivity index (χ4v) is 3.27. The van der Waals surface area contributed by atoms with Crippen LogP contribution in [0.4, 0.5) is 8.78 Å². The van der Waals surface area contributed by atoms with Crippen LogP contribution < -0.4 is 10.3 Å². The van der Waals surface area contributed by atoms with Gasteiger partial charge in [0, 0.05) is 10.7 Å². The third-order valence-electron chi connectivity index (χ3n) is 4.10. The third kappa shape index (κ3) is 2.72. The van der Waals surface area contributed by atoms with Gasteiger partial charge in [0.1, 0.15) is 22.6 Å². The van der Waals surface area contributed by atoms with Crippen LogP contribution in [0.2, 0.25) is 0 Å². The molecular formula is C16H13BrF2N4O2. The number of aromatic amines is 1. The second-order valence-electron chi connectivity index (χ2n) is 5.87. The fourth-order valence-electron chi connectivity index (χ4n) is 2.66. The molecule has 1 aliphatic carbocycles. The second kappa shape index (κ2) is 5.62. The minimum atomic E-state index is -1.44. The van der Waals surface area contributed by atoms with Gasteiger partial charge in [-0.1, -0.05) is 0 Å². The number of benzene rings is 1. The number of hydrogen-bond acceptors (Lipinski definition) is 4. The molecule has 1 N–H and O–H groups in total. The van der Waals surface area contributed by atoms with Crippen molar-refractivity contribution in [2.45, 2.75) is 25.4 Å². The lowest BCUT2D eigenvalue weighted by molar-refractivity contribution is 0.313. The van der Waals surface area contributed by atoms with Gasteiger partial charge in [0.2, 0.25) is 0 Å². The van der Waals surface area contributed by atoms with Crippen molar-refractivity contribution in [3.8, 4) is 11.7 Å². The van der Waals surface area contributed by atoms with Crippen molar-refractivity contribution in [2.24, 2.45) is 0 Å². The van der Waals surface area contributed by atoms with E-state index in [-0.39, 0.29) is 22.7 Å². The SMILES string of the molecule is CCOc1nc2nn(-c3c(F)cc(C4(F)CC4)cc3Br)cc2c(=O)[nH]1. The van der Waals surface area contributed by atoms with Crippen LogP contribution >= 0.6 is 15.9 Å². The first kappa shape index (κ1) is 16.2. The fraction of sp³-hybridized carbons (Fsp3) is 0.312. The summed E-state index contributed by atoms with van der Waals surface area (Å²) in [7, 11) is 0. The highest BCUT2D eigenvalue weighted by atomic mass is 79.9. The number of nitrogens with one attached hydrogen (secondary N) is 1. The number of hydrogen-bond donors (Lipinski definition) is 1. The molecule has 0 radical (unpaired) electrons. The van der Waals surface area contributed by atoms with Gasteiger partial charge >= 0.3 is 0 Å². The van der Waals surface area contributed by atoms with Gasteiger partial charge in [0.15, 0.2) is 5.65 Å². The predicted octanol–water partition coefficient (Wildman–Crippen LogP) is 3.37. The molecule has 0 spiro atoms. The first-order valence-corrected chi connectivity index (χ1v) is 8.52. The number of ether oxygens (including phenoxy) is 1. The van der Waals surface area contributed by atoms with Crippen molar-refractivity contribution in [2.75, 3.05) is 6.61 Å². The van der Waals surface area contributed by atoms with E-state index in [4.69, 9.17) is 4.74 Å². The van der Waals surface area contributed by atoms with E-state index in [2.05, 4.69) is 31.0 Å². The zero-order valence-electron chi connectivity index (χ0n) is 13.1. The Morgan fingerprint density at radius 1 is 1.44 bits per heavy atom. The molecule has 0 saturated heterocycles. The number of rotatable bonds is 4. The van der Waals surface area contributed by atoms with E-state index in [1.807, 2.05) is 0 Å². The van der Waals surface area contributed by atoms with Gasteiger partial charge in [-0.15, -0.1) is 5.10 Å². The summed E-state index contributed by atoms with van der Waals surface area (Å²) in [5.41, 5.74) is -1.36. The molecule has 0 aliphatic heterocycles. The summed E-state index contributed by atoms with van der Waals surface area (Å²) in [5.74, 6) is -0.637. The maximum atomic E-state index is 14.6. The minimum absolute atomic E-state index is 0.0493. The Labute approximate surface area is 149 Å². The summed E-state index contributed by atoms with van der Waals surface area (Å²) < 4.78 is 35.5. The Morgan fingerprint density at radius 2 is 2.20 bits per heavy atom. The Kier molecular flexibility index (Phi) is 3.64. The molecule has 1 aromatic carbocycles. The van der Waals surface area contributed by atoms with Crippen molar-refractivity contribution in [1.29, 1.82) is 0 Å². The van der Waals surface area contributed by atoms with Crippen LogP contribution in [-0.2, 0) is 5.67 Å². The monoisotopic (exact) mass is 410 g/mol. The van der Waals surface area contributed by atoms with E-state index < -0.39 is 17.0 Å². The van der Waals surface area contributed by atoms with Crippen molar-refractivity contribution in [3.05, 3.63) is 44.5 Å². The largest absolute Gasteiger partial charge is 0.465 e. The Bertz CT molecular complexity index is 1020. The van der Waals surface area contributed by atoms with Crippen LogP contribution in [-0.4, -0.2) is 26.4 Å². The molecule has 0 atom stereocenters. The average molecular weight is 411 g/mol. The molecule has 1 saturated carbocycles. The number of H-pyrrole nitrogens is 1. The summed E-state index contributed by atoms with van der Waals surface area (Å²) in [6.07, 6.45) is 2.16. The van der Waals surface area contributed by atoms with Crippen molar-refractivity contribution >= 4 is 27.0 Å². The number of nitrogens with zero attached hydrogens (tertiary/aromatic N) is 3. The van der Waals surface area contributed by atoms with Crippen molar-refractivity contribution < 1.29 is 13.5 Å². The second-order valence-corrected chi connectivity index (χ2v) is 6.72. The molecule has 0 unspecified atom stereocenters. The highest BCUT2D eigenvalue weighted by Crippen LogP contribution is 2.50. The Morgan fingerprint density at radius 3 is 2.84 bits per heavy atom. The zero-order valence-corrected chi connectivity index (χ0v) is 14.7. The molecule has 2 heterocycles. The van der Waals surface area contributed by atoms with Crippen LogP contribution in [0.25, 0.3) is 16.7 Å². The summed E-state index contributed by atoms with van der Waals surface area (Å²) in [6.45, 7) is 2.09. The van der Waals surface area contributed by atoms with Crippen molar-refractivity contribution in [1.82, 2.24) is 19.7 Å². The van der Waals surface area contributed by atoms with E-state index in [9.17, 15) is 13.6 Å². The molecule has 0 amide bonds. The molecule has 25 heavy (non-hydrogen) atoms. The smallest absolute Gasteiger partial charge is 0.298 e. The Hall–Kier alpha value is -2.29. The van der Waals surface area contributed by atoms with Gasteiger partial charge in [0.05, 0.1) is 6.61 Å². The molecule has 2 aromatic heterocycles. The van der Waals surface area contributed by atoms with Crippen LogP contribution in [0.5, 0.6) is 6.01 Å². The van der Waals surface area contributed by atoms with Crippen LogP contribution in [0.3, 0.4) is 0 Å². The van der Waals surface area contributed by atoms with Crippen LogP contribution in [0.15, 0.2) is 27.6 Å². The number of alkyl halides is 1. The molecule has 6 nitrogen and oxygen atoms in total. The third-order valence-corrected chi connectivity index (χ3v) is 4.71. The highest BCUT2D eigenvalue weighted by molar-refractivity contribution is 9.10. The van der Waals surface area contributed by atoms with Gasteiger partial charge in [0.25, 0.3) is 11.6 Å². The van der Waals surface area contributed by atoms with Crippen molar-refractivity contribution in [3.63, 3.8) is 0 Å². The molecule has 4 rings (SSSR count). The van der Waals surface area contributed by atoms with Gasteiger partial charge in [-0.2, -0.15) is 4.98 Å². The summed E-state index contributed by atoms with van der Waals surface area (Å²) in [4.78, 5) is 18.7. The van der Waals surface area contributed by atoms with Gasteiger partial charge in [-0.05, 0) is 53.4 Å². The lowest BCUT2D eigenvalue weighted by Gasteiger charge is -2.11. The van der Waals surface area contributed by atoms with Gasteiger partial charge in [-0.25, -0.2) is 13.5 Å². The molecule has 1 aliphatic rings. The van der Waals surface area contributed by atoms with Crippen LogP contribution in [0, 0.1) is 5.82 Å². The molecule has 1 fully saturated rings. The maximum Gasteiger partial charge on any atom is 0.298 e. The first-order valence-electron chi connectivity index (χ1n) is 7.72. The normalized spacial score (nSPS) is 15.5. The van der Waals surface area contributed by atoms with Crippen LogP contribution in [0.1, 0.15) is 25.3 Å². The van der Waals surface area contributed by atoms with Gasteiger partial charge in [-0.3, -0.25) is 9.78 Å². The maximum absolute atomic E-state index is 14.6. The molecule has 0 bridgehead atoms. The first-order chi connectivity index (χ1) is 11.9. The highest BCUT2D eigenvalue weighted by Gasteiger charge is 2.45.